The number of benzene rings is 1. The molecule has 3 nitrogen and oxygen atoms in total. The maximum atomic E-state index is 13.4. The molecule has 0 amide bonds. The van der Waals surface area contributed by atoms with Crippen LogP contribution in [0.15, 0.2) is 12.1 Å². The standard InChI is InChI=1S/C11H13FO3/c1-4-9(13)7-5-10(14-2)11(15-3)6-8(7)12/h5-6H,4H2,1-3H3. The second-order valence-corrected chi connectivity index (χ2v) is 2.96. The number of halogens is 1. The van der Waals surface area contributed by atoms with Gasteiger partial charge in [-0.1, -0.05) is 6.92 Å². The Morgan fingerprint density at radius 3 is 2.27 bits per heavy atom. The minimum atomic E-state index is -0.584. The molecule has 82 valence electrons. The van der Waals surface area contributed by atoms with Crippen LogP contribution in [0.25, 0.3) is 0 Å². The van der Waals surface area contributed by atoms with Crippen molar-refractivity contribution in [3.63, 3.8) is 0 Å². The van der Waals surface area contributed by atoms with Gasteiger partial charge in [0, 0.05) is 12.5 Å². The lowest BCUT2D eigenvalue weighted by atomic mass is 10.1. The van der Waals surface area contributed by atoms with Gasteiger partial charge in [-0.25, -0.2) is 4.39 Å². The average molecular weight is 212 g/mol. The van der Waals surface area contributed by atoms with Crippen LogP contribution in [0.2, 0.25) is 0 Å². The summed E-state index contributed by atoms with van der Waals surface area (Å²) in [6.45, 7) is 1.68. The maximum Gasteiger partial charge on any atom is 0.165 e. The first-order valence-corrected chi connectivity index (χ1v) is 4.58. The molecule has 0 radical (unpaired) electrons. The van der Waals surface area contributed by atoms with E-state index in [1.54, 1.807) is 6.92 Å². The van der Waals surface area contributed by atoms with Crippen LogP contribution in [-0.2, 0) is 0 Å². The predicted octanol–water partition coefficient (Wildman–Crippen LogP) is 2.44. The summed E-state index contributed by atoms with van der Waals surface area (Å²) in [5.74, 6) is -0.202. The van der Waals surface area contributed by atoms with Gasteiger partial charge in [-0.15, -0.1) is 0 Å². The highest BCUT2D eigenvalue weighted by Gasteiger charge is 2.15. The third-order valence-corrected chi connectivity index (χ3v) is 2.09. The zero-order valence-corrected chi connectivity index (χ0v) is 8.96. The van der Waals surface area contributed by atoms with Crippen molar-refractivity contribution in [3.05, 3.63) is 23.5 Å². The number of ether oxygens (including phenoxy) is 2. The van der Waals surface area contributed by atoms with E-state index in [1.165, 1.54) is 20.3 Å². The molecule has 4 heteroatoms. The number of ketones is 1. The second-order valence-electron chi connectivity index (χ2n) is 2.96. The molecule has 0 spiro atoms. The monoisotopic (exact) mass is 212 g/mol. The number of Topliss-reactive ketones (excluding diaryl/α,β-unsaturated/α-hetero) is 1. The Balaban J connectivity index is 3.25. The molecule has 1 aromatic rings. The second kappa shape index (κ2) is 4.77. The molecule has 1 aromatic carbocycles. The number of carbonyl (C=O) groups is 1. The lowest BCUT2D eigenvalue weighted by molar-refractivity contribution is 0.0984. The van der Waals surface area contributed by atoms with Crippen LogP contribution in [-0.4, -0.2) is 20.0 Å². The SMILES string of the molecule is CCC(=O)c1cc(OC)c(OC)cc1F. The van der Waals surface area contributed by atoms with Gasteiger partial charge in [0.25, 0.3) is 0 Å². The molecule has 0 aliphatic rings. The van der Waals surface area contributed by atoms with Crippen molar-refractivity contribution >= 4 is 5.78 Å². The highest BCUT2D eigenvalue weighted by Crippen LogP contribution is 2.30. The van der Waals surface area contributed by atoms with E-state index in [9.17, 15) is 9.18 Å². The van der Waals surface area contributed by atoms with Crippen LogP contribution in [0.3, 0.4) is 0 Å². The summed E-state index contributed by atoms with van der Waals surface area (Å²) < 4.78 is 23.3. The largest absolute Gasteiger partial charge is 0.493 e. The van der Waals surface area contributed by atoms with Crippen LogP contribution >= 0.6 is 0 Å². The highest BCUT2D eigenvalue weighted by molar-refractivity contribution is 5.96. The summed E-state index contributed by atoms with van der Waals surface area (Å²) in [7, 11) is 2.86. The van der Waals surface area contributed by atoms with Crippen molar-refractivity contribution in [3.8, 4) is 11.5 Å². The molecule has 0 aliphatic heterocycles. The van der Waals surface area contributed by atoms with Crippen molar-refractivity contribution in [2.45, 2.75) is 13.3 Å². The van der Waals surface area contributed by atoms with E-state index >= 15 is 0 Å². The predicted molar refractivity (Wildman–Crippen MR) is 54.1 cm³/mol. The van der Waals surface area contributed by atoms with Gasteiger partial charge in [-0.3, -0.25) is 4.79 Å². The van der Waals surface area contributed by atoms with Crippen LogP contribution in [0.5, 0.6) is 11.5 Å². The molecule has 0 unspecified atom stereocenters. The zero-order chi connectivity index (χ0) is 11.4. The molecule has 1 rings (SSSR count). The maximum absolute atomic E-state index is 13.4. The van der Waals surface area contributed by atoms with Crippen LogP contribution in [0.4, 0.5) is 4.39 Å². The molecule has 0 aromatic heterocycles. The first kappa shape index (κ1) is 11.5. The Kier molecular flexibility index (Phi) is 3.66. The van der Waals surface area contributed by atoms with Crippen molar-refractivity contribution < 1.29 is 18.7 Å². The smallest absolute Gasteiger partial charge is 0.165 e. The van der Waals surface area contributed by atoms with Gasteiger partial charge in [0.2, 0.25) is 0 Å². The highest BCUT2D eigenvalue weighted by atomic mass is 19.1. The molecule has 0 aliphatic carbocycles. The first-order chi connectivity index (χ1) is 7.13. The fourth-order valence-corrected chi connectivity index (χ4v) is 1.26. The van der Waals surface area contributed by atoms with Crippen LogP contribution in [0, 0.1) is 5.82 Å². The Labute approximate surface area is 87.8 Å². The molecule has 0 saturated heterocycles. The summed E-state index contributed by atoms with van der Waals surface area (Å²) in [5.41, 5.74) is 0.0372. The molecular formula is C11H13FO3. The minimum Gasteiger partial charge on any atom is -0.493 e. The van der Waals surface area contributed by atoms with Gasteiger partial charge in [0.1, 0.15) is 5.82 Å². The summed E-state index contributed by atoms with van der Waals surface area (Å²) in [6, 6.07) is 2.52. The van der Waals surface area contributed by atoms with Crippen molar-refractivity contribution in [2.24, 2.45) is 0 Å². The minimum absolute atomic E-state index is 0.0372. The summed E-state index contributed by atoms with van der Waals surface area (Å²) in [4.78, 5) is 11.4. The van der Waals surface area contributed by atoms with E-state index in [1.807, 2.05) is 0 Å². The Morgan fingerprint density at radius 1 is 1.27 bits per heavy atom. The van der Waals surface area contributed by atoms with Crippen molar-refractivity contribution in [2.75, 3.05) is 14.2 Å². The van der Waals surface area contributed by atoms with Gasteiger partial charge in [0.15, 0.2) is 17.3 Å². The lowest BCUT2D eigenvalue weighted by Crippen LogP contribution is -2.02. The normalized spacial score (nSPS) is 9.87. The van der Waals surface area contributed by atoms with E-state index < -0.39 is 5.82 Å². The first-order valence-electron chi connectivity index (χ1n) is 4.58. The fraction of sp³-hybridized carbons (Fsp3) is 0.364. The molecule has 15 heavy (non-hydrogen) atoms. The number of hydrogen-bond donors (Lipinski definition) is 0. The number of hydrogen-bond acceptors (Lipinski definition) is 3. The van der Waals surface area contributed by atoms with E-state index in [-0.39, 0.29) is 23.5 Å². The number of carbonyl (C=O) groups excluding carboxylic acids is 1. The van der Waals surface area contributed by atoms with Gasteiger partial charge >= 0.3 is 0 Å². The van der Waals surface area contributed by atoms with Crippen LogP contribution in [0.1, 0.15) is 23.7 Å². The molecule has 0 atom stereocenters. The molecule has 0 bridgehead atoms. The van der Waals surface area contributed by atoms with Crippen molar-refractivity contribution in [1.29, 1.82) is 0 Å². The molecular weight excluding hydrogens is 199 g/mol. The lowest BCUT2D eigenvalue weighted by Gasteiger charge is -2.09. The van der Waals surface area contributed by atoms with Gasteiger partial charge in [-0.2, -0.15) is 0 Å². The van der Waals surface area contributed by atoms with Gasteiger partial charge < -0.3 is 9.47 Å². The number of rotatable bonds is 4. The van der Waals surface area contributed by atoms with E-state index in [0.29, 0.717) is 5.75 Å². The fourth-order valence-electron chi connectivity index (χ4n) is 1.26. The molecule has 0 heterocycles. The molecule has 0 N–H and O–H groups in total. The summed E-state index contributed by atoms with van der Waals surface area (Å²) >= 11 is 0. The zero-order valence-electron chi connectivity index (χ0n) is 8.96. The quantitative estimate of drug-likeness (QED) is 0.719. The van der Waals surface area contributed by atoms with E-state index in [4.69, 9.17) is 9.47 Å². The summed E-state index contributed by atoms with van der Waals surface area (Å²) in [5, 5.41) is 0. The molecule has 0 saturated carbocycles. The van der Waals surface area contributed by atoms with E-state index in [2.05, 4.69) is 0 Å². The third-order valence-electron chi connectivity index (χ3n) is 2.09. The summed E-state index contributed by atoms with van der Waals surface area (Å²) in [6.07, 6.45) is 0.256. The topological polar surface area (TPSA) is 35.5 Å². The average Bonchev–Trinajstić information content (AvgIpc) is 2.27. The van der Waals surface area contributed by atoms with Crippen LogP contribution < -0.4 is 9.47 Å². The number of methoxy groups -OCH3 is 2. The van der Waals surface area contributed by atoms with E-state index in [0.717, 1.165) is 6.07 Å². The Morgan fingerprint density at radius 2 is 1.80 bits per heavy atom. The van der Waals surface area contributed by atoms with Gasteiger partial charge in [0.05, 0.1) is 19.8 Å². The third kappa shape index (κ3) is 2.26. The molecule has 0 fully saturated rings. The Hall–Kier alpha value is -1.58. The van der Waals surface area contributed by atoms with Gasteiger partial charge in [-0.05, 0) is 6.07 Å². The van der Waals surface area contributed by atoms with Crippen molar-refractivity contribution in [1.82, 2.24) is 0 Å². The Bertz CT molecular complexity index is 374.